The van der Waals surface area contributed by atoms with Gasteiger partial charge in [0.05, 0.1) is 0 Å². The van der Waals surface area contributed by atoms with Gasteiger partial charge in [0.1, 0.15) is 5.82 Å². The third-order valence-electron chi connectivity index (χ3n) is 1.45. The molecule has 1 rings (SSSR count). The van der Waals surface area contributed by atoms with Gasteiger partial charge in [0.15, 0.2) is 0 Å². The van der Waals surface area contributed by atoms with E-state index in [1.54, 1.807) is 0 Å². The fourth-order valence-corrected chi connectivity index (χ4v) is 0.940. The van der Waals surface area contributed by atoms with Crippen LogP contribution in [0.3, 0.4) is 0 Å². The first-order chi connectivity index (χ1) is 6.24. The molecule has 0 aliphatic carbocycles. The molecule has 0 aliphatic heterocycles. The predicted molar refractivity (Wildman–Crippen MR) is 53.6 cm³/mol. The molecular formula is C10H17FN2. The molecule has 0 aromatic heterocycles. The average molecular weight is 184 g/mol. The van der Waals surface area contributed by atoms with Crippen molar-refractivity contribution in [1.29, 1.82) is 0 Å². The minimum atomic E-state index is -0.153. The first-order valence-electron chi connectivity index (χ1n) is 4.39. The van der Waals surface area contributed by atoms with Crippen molar-refractivity contribution >= 4 is 0 Å². The van der Waals surface area contributed by atoms with Crippen LogP contribution in [0.15, 0.2) is 24.3 Å². The van der Waals surface area contributed by atoms with Crippen molar-refractivity contribution in [1.82, 2.24) is 0 Å². The van der Waals surface area contributed by atoms with Crippen LogP contribution in [0.25, 0.3) is 0 Å². The maximum absolute atomic E-state index is 12.3. The van der Waals surface area contributed by atoms with Crippen molar-refractivity contribution in [2.75, 3.05) is 6.67 Å². The van der Waals surface area contributed by atoms with E-state index < -0.39 is 0 Å². The van der Waals surface area contributed by atoms with E-state index in [2.05, 4.69) is 18.4 Å². The van der Waals surface area contributed by atoms with Crippen molar-refractivity contribution in [3.63, 3.8) is 0 Å². The van der Waals surface area contributed by atoms with E-state index in [1.807, 2.05) is 12.1 Å². The van der Waals surface area contributed by atoms with Crippen LogP contribution in [0.2, 0.25) is 0 Å². The molecule has 0 unspecified atom stereocenters. The Hall–Kier alpha value is -0.930. The molecule has 4 N–H and O–H groups in total. The van der Waals surface area contributed by atoms with Crippen molar-refractivity contribution in [3.05, 3.63) is 35.6 Å². The zero-order valence-corrected chi connectivity index (χ0v) is 7.96. The van der Waals surface area contributed by atoms with Crippen LogP contribution >= 0.6 is 0 Å². The molecule has 1 aromatic carbocycles. The number of nitrogens with two attached hydrogens (primary N) is 2. The molecule has 0 radical (unpaired) electrons. The summed E-state index contributed by atoms with van der Waals surface area (Å²) < 4.78 is 12.3. The maximum atomic E-state index is 12.3. The first-order valence-corrected chi connectivity index (χ1v) is 4.39. The lowest BCUT2D eigenvalue weighted by Crippen LogP contribution is -2.08. The lowest BCUT2D eigenvalue weighted by atomic mass is 10.1. The van der Waals surface area contributed by atoms with E-state index >= 15 is 0 Å². The molecule has 13 heavy (non-hydrogen) atoms. The predicted octanol–water partition coefficient (Wildman–Crippen LogP) is 1.64. The van der Waals surface area contributed by atoms with Crippen LogP contribution in [0.4, 0.5) is 4.39 Å². The molecule has 1 aromatic rings. The van der Waals surface area contributed by atoms with Crippen molar-refractivity contribution in [3.8, 4) is 0 Å². The minimum absolute atomic E-state index is 0.153. The zero-order valence-electron chi connectivity index (χ0n) is 7.96. The molecule has 3 heteroatoms. The highest BCUT2D eigenvalue weighted by molar-refractivity contribution is 5.15. The van der Waals surface area contributed by atoms with Gasteiger partial charge in [-0.05, 0) is 24.1 Å². The molecule has 0 saturated carbocycles. The molecule has 0 saturated heterocycles. The fourth-order valence-electron chi connectivity index (χ4n) is 0.940. The highest BCUT2D eigenvalue weighted by Crippen LogP contribution is 2.04. The van der Waals surface area contributed by atoms with Crippen LogP contribution in [0.1, 0.15) is 18.9 Å². The van der Waals surface area contributed by atoms with E-state index in [1.165, 1.54) is 17.7 Å². The second kappa shape index (κ2) is 7.71. The van der Waals surface area contributed by atoms with Crippen LogP contribution in [-0.2, 0) is 6.42 Å². The summed E-state index contributed by atoms with van der Waals surface area (Å²) in [5.41, 5.74) is 10.5. The lowest BCUT2D eigenvalue weighted by molar-refractivity contribution is 0.627. The van der Waals surface area contributed by atoms with Crippen LogP contribution in [-0.4, -0.2) is 6.67 Å². The Morgan fingerprint density at radius 1 is 1.15 bits per heavy atom. The van der Waals surface area contributed by atoms with Crippen LogP contribution < -0.4 is 11.5 Å². The van der Waals surface area contributed by atoms with Gasteiger partial charge >= 0.3 is 0 Å². The Kier molecular flexibility index (Phi) is 7.15. The quantitative estimate of drug-likeness (QED) is 0.686. The lowest BCUT2D eigenvalue weighted by Gasteiger charge is -1.95. The summed E-state index contributed by atoms with van der Waals surface area (Å²) >= 11 is 0. The second-order valence-corrected chi connectivity index (χ2v) is 2.61. The summed E-state index contributed by atoms with van der Waals surface area (Å²) in [6.07, 6.45) is 2.16. The summed E-state index contributed by atoms with van der Waals surface area (Å²) in [6.45, 7) is 2.36. The molecule has 0 atom stereocenters. The first kappa shape index (κ1) is 12.1. The molecule has 0 heterocycles. The Morgan fingerprint density at radius 3 is 2.00 bits per heavy atom. The monoisotopic (exact) mass is 184 g/mol. The largest absolute Gasteiger partial charge is 0.319 e. The van der Waals surface area contributed by atoms with Gasteiger partial charge in [0.2, 0.25) is 0 Å². The Morgan fingerprint density at radius 2 is 1.62 bits per heavy atom. The van der Waals surface area contributed by atoms with E-state index in [0.717, 1.165) is 12.8 Å². The van der Waals surface area contributed by atoms with E-state index in [-0.39, 0.29) is 12.5 Å². The van der Waals surface area contributed by atoms with Gasteiger partial charge in [-0.15, -0.1) is 0 Å². The number of hydrogen-bond donors (Lipinski definition) is 2. The molecule has 0 spiro atoms. The minimum Gasteiger partial charge on any atom is -0.319 e. The molecule has 0 aliphatic rings. The highest BCUT2D eigenvalue weighted by atomic mass is 19.1. The standard InChI is InChI=1S/C9H11F.CH6N2/c1-2-3-8-4-6-9(10)7-5-8;2-1-3/h4-7H,2-3H2,1H3;1-3H2. The molecule has 0 bridgehead atoms. The second-order valence-electron chi connectivity index (χ2n) is 2.61. The summed E-state index contributed by atoms with van der Waals surface area (Å²) in [4.78, 5) is 0. The van der Waals surface area contributed by atoms with Crippen molar-refractivity contribution < 1.29 is 4.39 Å². The summed E-state index contributed by atoms with van der Waals surface area (Å²) in [7, 11) is 0. The van der Waals surface area contributed by atoms with Gasteiger partial charge in [-0.25, -0.2) is 4.39 Å². The normalized spacial score (nSPS) is 8.92. The molecule has 0 amide bonds. The Balaban J connectivity index is 0.000000424. The number of aryl methyl sites for hydroxylation is 1. The van der Waals surface area contributed by atoms with Gasteiger partial charge in [-0.2, -0.15) is 0 Å². The van der Waals surface area contributed by atoms with Crippen molar-refractivity contribution in [2.24, 2.45) is 11.5 Å². The summed E-state index contributed by atoms with van der Waals surface area (Å²) in [5.74, 6) is -0.153. The smallest absolute Gasteiger partial charge is 0.123 e. The average Bonchev–Trinajstić information content (AvgIpc) is 2.11. The highest BCUT2D eigenvalue weighted by Gasteiger charge is 1.90. The van der Waals surface area contributed by atoms with E-state index in [4.69, 9.17) is 0 Å². The Bertz CT molecular complexity index is 209. The van der Waals surface area contributed by atoms with Gasteiger partial charge < -0.3 is 11.5 Å². The van der Waals surface area contributed by atoms with Crippen molar-refractivity contribution in [2.45, 2.75) is 19.8 Å². The molecule has 2 nitrogen and oxygen atoms in total. The maximum Gasteiger partial charge on any atom is 0.123 e. The number of benzene rings is 1. The summed E-state index contributed by atoms with van der Waals surface area (Å²) in [5, 5.41) is 0. The zero-order chi connectivity index (χ0) is 10.1. The number of rotatable bonds is 2. The van der Waals surface area contributed by atoms with Gasteiger partial charge in [0.25, 0.3) is 0 Å². The topological polar surface area (TPSA) is 52.0 Å². The van der Waals surface area contributed by atoms with E-state index in [9.17, 15) is 4.39 Å². The third kappa shape index (κ3) is 6.25. The Labute approximate surface area is 78.7 Å². The fraction of sp³-hybridized carbons (Fsp3) is 0.400. The van der Waals surface area contributed by atoms with E-state index in [0.29, 0.717) is 0 Å². The van der Waals surface area contributed by atoms with Gasteiger partial charge in [-0.1, -0.05) is 25.5 Å². The summed E-state index contributed by atoms with van der Waals surface area (Å²) in [6, 6.07) is 6.67. The van der Waals surface area contributed by atoms with Gasteiger partial charge in [-0.3, -0.25) is 0 Å². The molecular weight excluding hydrogens is 167 g/mol. The SMILES string of the molecule is CCCc1ccc(F)cc1.NCN. The molecule has 74 valence electrons. The van der Waals surface area contributed by atoms with Gasteiger partial charge in [0, 0.05) is 6.67 Å². The molecule has 0 fully saturated rings. The number of hydrogen-bond acceptors (Lipinski definition) is 2. The third-order valence-corrected chi connectivity index (χ3v) is 1.45. The van der Waals surface area contributed by atoms with Crippen LogP contribution in [0, 0.1) is 5.82 Å². The number of halogens is 1. The van der Waals surface area contributed by atoms with Crippen LogP contribution in [0.5, 0.6) is 0 Å².